The van der Waals surface area contributed by atoms with Crippen LogP contribution in [0.15, 0.2) is 18.2 Å². The number of nitrogens with two attached hydrogens (primary N) is 1. The first-order valence-corrected chi connectivity index (χ1v) is 6.77. The Morgan fingerprint density at radius 1 is 1.25 bits per heavy atom. The van der Waals surface area contributed by atoms with Gasteiger partial charge < -0.3 is 20.5 Å². The Labute approximate surface area is 118 Å². The molecule has 1 atom stereocenters. The highest BCUT2D eigenvalue weighted by atomic mass is 19.3. The van der Waals surface area contributed by atoms with Crippen LogP contribution in [0, 0.1) is 0 Å². The van der Waals surface area contributed by atoms with Crippen LogP contribution in [0.3, 0.4) is 0 Å². The van der Waals surface area contributed by atoms with Gasteiger partial charge >= 0.3 is 6.61 Å². The number of alkyl halides is 2. The molecule has 1 rings (SSSR count). The van der Waals surface area contributed by atoms with E-state index in [2.05, 4.69) is 17.0 Å². The SMILES string of the molecule is CCCNC(CN)c1ccc(OC(F)F)c(OCC)c1. The first kappa shape index (κ1) is 16.7. The zero-order valence-electron chi connectivity index (χ0n) is 11.9. The lowest BCUT2D eigenvalue weighted by molar-refractivity contribution is -0.0514. The topological polar surface area (TPSA) is 56.5 Å². The Hall–Kier alpha value is -1.40. The fraction of sp³-hybridized carbons (Fsp3) is 0.571. The number of rotatable bonds is 9. The summed E-state index contributed by atoms with van der Waals surface area (Å²) in [6.45, 7) is 2.60. The molecule has 0 radical (unpaired) electrons. The van der Waals surface area contributed by atoms with Gasteiger partial charge in [-0.2, -0.15) is 8.78 Å². The third-order valence-corrected chi connectivity index (χ3v) is 2.76. The zero-order valence-corrected chi connectivity index (χ0v) is 11.9. The van der Waals surface area contributed by atoms with Gasteiger partial charge in [-0.15, -0.1) is 0 Å². The maximum atomic E-state index is 12.3. The van der Waals surface area contributed by atoms with Gasteiger partial charge in [0.15, 0.2) is 11.5 Å². The van der Waals surface area contributed by atoms with E-state index in [0.29, 0.717) is 18.9 Å². The maximum absolute atomic E-state index is 12.3. The first-order valence-electron chi connectivity index (χ1n) is 6.77. The molecule has 20 heavy (non-hydrogen) atoms. The van der Waals surface area contributed by atoms with Crippen molar-refractivity contribution in [2.75, 3.05) is 19.7 Å². The second-order valence-corrected chi connectivity index (χ2v) is 4.26. The molecule has 0 saturated carbocycles. The Balaban J connectivity index is 2.94. The van der Waals surface area contributed by atoms with E-state index in [-0.39, 0.29) is 11.8 Å². The summed E-state index contributed by atoms with van der Waals surface area (Å²) >= 11 is 0. The smallest absolute Gasteiger partial charge is 0.387 e. The highest BCUT2D eigenvalue weighted by Crippen LogP contribution is 2.31. The maximum Gasteiger partial charge on any atom is 0.387 e. The van der Waals surface area contributed by atoms with Crippen LogP contribution in [-0.4, -0.2) is 26.3 Å². The van der Waals surface area contributed by atoms with Gasteiger partial charge in [-0.25, -0.2) is 0 Å². The molecule has 114 valence electrons. The van der Waals surface area contributed by atoms with Crippen LogP contribution < -0.4 is 20.5 Å². The largest absolute Gasteiger partial charge is 0.490 e. The number of benzene rings is 1. The fourth-order valence-corrected chi connectivity index (χ4v) is 1.86. The summed E-state index contributed by atoms with van der Waals surface area (Å²) in [6.07, 6.45) is 0.987. The number of halogens is 2. The molecule has 1 aromatic rings. The van der Waals surface area contributed by atoms with E-state index < -0.39 is 6.61 Å². The van der Waals surface area contributed by atoms with Gasteiger partial charge in [-0.1, -0.05) is 13.0 Å². The van der Waals surface area contributed by atoms with Gasteiger partial charge in [-0.05, 0) is 37.6 Å². The summed E-state index contributed by atoms with van der Waals surface area (Å²) in [4.78, 5) is 0. The van der Waals surface area contributed by atoms with Crippen molar-refractivity contribution in [3.8, 4) is 11.5 Å². The molecule has 0 aliphatic heterocycles. The minimum Gasteiger partial charge on any atom is -0.490 e. The molecule has 0 amide bonds. The molecule has 1 aromatic carbocycles. The molecule has 6 heteroatoms. The minimum absolute atomic E-state index is 0.0326. The van der Waals surface area contributed by atoms with E-state index in [0.717, 1.165) is 18.5 Å². The molecule has 0 aliphatic rings. The van der Waals surface area contributed by atoms with E-state index in [4.69, 9.17) is 10.5 Å². The van der Waals surface area contributed by atoms with Crippen molar-refractivity contribution in [3.63, 3.8) is 0 Å². The third-order valence-electron chi connectivity index (χ3n) is 2.76. The number of ether oxygens (including phenoxy) is 2. The zero-order chi connectivity index (χ0) is 15.0. The van der Waals surface area contributed by atoms with Gasteiger partial charge in [0.25, 0.3) is 0 Å². The summed E-state index contributed by atoms with van der Waals surface area (Å²) in [7, 11) is 0. The predicted octanol–water partition coefficient (Wildman–Crippen LogP) is 2.69. The van der Waals surface area contributed by atoms with Crippen molar-refractivity contribution in [1.82, 2.24) is 5.32 Å². The Bertz CT molecular complexity index is 403. The highest BCUT2D eigenvalue weighted by molar-refractivity contribution is 5.44. The quantitative estimate of drug-likeness (QED) is 0.733. The normalized spacial score (nSPS) is 12.5. The summed E-state index contributed by atoms with van der Waals surface area (Å²) < 4.78 is 34.4. The van der Waals surface area contributed by atoms with Crippen molar-refractivity contribution < 1.29 is 18.3 Å². The summed E-state index contributed by atoms with van der Waals surface area (Å²) in [5.74, 6) is 0.346. The lowest BCUT2D eigenvalue weighted by Crippen LogP contribution is -2.28. The van der Waals surface area contributed by atoms with Gasteiger partial charge in [-0.3, -0.25) is 0 Å². The van der Waals surface area contributed by atoms with E-state index in [1.165, 1.54) is 6.07 Å². The van der Waals surface area contributed by atoms with E-state index in [1.807, 2.05) is 0 Å². The molecule has 0 saturated heterocycles. The highest BCUT2D eigenvalue weighted by Gasteiger charge is 2.15. The average molecular weight is 288 g/mol. The summed E-state index contributed by atoms with van der Waals surface area (Å²) in [5.41, 5.74) is 6.63. The molecule has 0 aromatic heterocycles. The van der Waals surface area contributed by atoms with E-state index >= 15 is 0 Å². The van der Waals surface area contributed by atoms with Crippen LogP contribution in [-0.2, 0) is 0 Å². The minimum atomic E-state index is -2.87. The molecule has 0 spiro atoms. The van der Waals surface area contributed by atoms with Crippen LogP contribution in [0.2, 0.25) is 0 Å². The van der Waals surface area contributed by atoms with Crippen molar-refractivity contribution in [2.24, 2.45) is 5.73 Å². The van der Waals surface area contributed by atoms with Crippen LogP contribution in [0.25, 0.3) is 0 Å². The van der Waals surface area contributed by atoms with Gasteiger partial charge in [0.1, 0.15) is 0 Å². The Morgan fingerprint density at radius 2 is 2.00 bits per heavy atom. The van der Waals surface area contributed by atoms with Crippen LogP contribution in [0.4, 0.5) is 8.78 Å². The lowest BCUT2D eigenvalue weighted by Gasteiger charge is -2.19. The Morgan fingerprint density at radius 3 is 2.55 bits per heavy atom. The lowest BCUT2D eigenvalue weighted by atomic mass is 10.1. The molecule has 1 unspecified atom stereocenters. The average Bonchev–Trinajstić information content (AvgIpc) is 2.42. The molecule has 4 nitrogen and oxygen atoms in total. The second kappa shape index (κ2) is 8.71. The van der Waals surface area contributed by atoms with Crippen molar-refractivity contribution in [1.29, 1.82) is 0 Å². The first-order chi connectivity index (χ1) is 9.62. The molecule has 0 heterocycles. The molecule has 0 bridgehead atoms. The second-order valence-electron chi connectivity index (χ2n) is 4.26. The fourth-order valence-electron chi connectivity index (χ4n) is 1.86. The van der Waals surface area contributed by atoms with Gasteiger partial charge in [0.05, 0.1) is 6.61 Å². The van der Waals surface area contributed by atoms with Gasteiger partial charge in [0, 0.05) is 12.6 Å². The Kier molecular flexibility index (Phi) is 7.25. The van der Waals surface area contributed by atoms with Crippen molar-refractivity contribution in [3.05, 3.63) is 23.8 Å². The van der Waals surface area contributed by atoms with Crippen LogP contribution in [0.5, 0.6) is 11.5 Å². The van der Waals surface area contributed by atoms with Crippen molar-refractivity contribution in [2.45, 2.75) is 32.9 Å². The molecular weight excluding hydrogens is 266 g/mol. The van der Waals surface area contributed by atoms with Crippen LogP contribution in [0.1, 0.15) is 31.9 Å². The standard InChI is InChI=1S/C14H22F2N2O2/c1-3-7-18-11(9-17)10-5-6-12(20-14(15)16)13(8-10)19-4-2/h5-6,8,11,14,18H,3-4,7,9,17H2,1-2H3. The third kappa shape index (κ3) is 4.94. The summed E-state index contributed by atoms with van der Waals surface area (Å²) in [5, 5.41) is 3.30. The van der Waals surface area contributed by atoms with Crippen LogP contribution >= 0.6 is 0 Å². The van der Waals surface area contributed by atoms with Gasteiger partial charge in [0.2, 0.25) is 0 Å². The number of hydrogen-bond acceptors (Lipinski definition) is 4. The molecule has 0 fully saturated rings. The van der Waals surface area contributed by atoms with E-state index in [9.17, 15) is 8.78 Å². The van der Waals surface area contributed by atoms with Crippen molar-refractivity contribution >= 4 is 0 Å². The molecular formula is C14H22F2N2O2. The number of hydrogen-bond donors (Lipinski definition) is 2. The monoisotopic (exact) mass is 288 g/mol. The van der Waals surface area contributed by atoms with E-state index in [1.54, 1.807) is 19.1 Å². The molecule has 0 aliphatic carbocycles. The molecule has 3 N–H and O–H groups in total. The summed E-state index contributed by atoms with van der Waals surface area (Å²) in [6, 6.07) is 4.87. The number of nitrogens with one attached hydrogen (secondary N) is 1. The predicted molar refractivity (Wildman–Crippen MR) is 74.3 cm³/mol.